The Bertz CT molecular complexity index is 735. The lowest BCUT2D eigenvalue weighted by Gasteiger charge is -2.31. The fraction of sp³-hybridized carbons (Fsp3) is 0.300. The lowest BCUT2D eigenvalue weighted by atomic mass is 9.74. The van der Waals surface area contributed by atoms with Crippen LogP contribution >= 0.6 is 0 Å². The third-order valence-electron chi connectivity index (χ3n) is 4.82. The summed E-state index contributed by atoms with van der Waals surface area (Å²) in [6, 6.07) is 13.9. The van der Waals surface area contributed by atoms with Gasteiger partial charge in [-0.1, -0.05) is 42.0 Å². The van der Waals surface area contributed by atoms with Gasteiger partial charge in [0.1, 0.15) is 0 Å². The molecule has 23 heavy (non-hydrogen) atoms. The van der Waals surface area contributed by atoms with E-state index < -0.39 is 0 Å². The molecule has 0 saturated carbocycles. The molecule has 0 bridgehead atoms. The molecule has 120 valence electrons. The molecule has 2 aromatic rings. The summed E-state index contributed by atoms with van der Waals surface area (Å²) in [7, 11) is 1.97. The summed E-state index contributed by atoms with van der Waals surface area (Å²) >= 11 is 0. The fourth-order valence-corrected chi connectivity index (χ4v) is 3.57. The summed E-state index contributed by atoms with van der Waals surface area (Å²) in [5, 5.41) is 23.4. The molecular weight excluding hydrogens is 286 g/mol. The van der Waals surface area contributed by atoms with Crippen molar-refractivity contribution < 1.29 is 10.2 Å². The number of phenols is 2. The van der Waals surface area contributed by atoms with Crippen molar-refractivity contribution in [1.29, 1.82) is 0 Å². The molecule has 1 aliphatic rings. The van der Waals surface area contributed by atoms with Crippen LogP contribution in [0.5, 0.6) is 11.5 Å². The van der Waals surface area contributed by atoms with Crippen molar-refractivity contribution in [2.45, 2.75) is 25.7 Å². The fourth-order valence-electron chi connectivity index (χ4n) is 3.57. The van der Waals surface area contributed by atoms with E-state index in [1.54, 1.807) is 6.07 Å². The maximum atomic E-state index is 10.3. The lowest BCUT2D eigenvalue weighted by molar-refractivity contribution is 0.398. The summed E-state index contributed by atoms with van der Waals surface area (Å²) in [5.41, 5.74) is 5.78. The minimum atomic E-state index is -0.0398. The third kappa shape index (κ3) is 2.84. The second-order valence-corrected chi connectivity index (χ2v) is 6.13. The second kappa shape index (κ2) is 6.47. The number of benzene rings is 2. The Hall–Kier alpha value is -2.26. The highest BCUT2D eigenvalue weighted by atomic mass is 16.3. The Morgan fingerprint density at radius 1 is 1.09 bits per heavy atom. The highest BCUT2D eigenvalue weighted by molar-refractivity contribution is 5.76. The first kappa shape index (κ1) is 15.6. The molecule has 1 atom stereocenters. The molecule has 3 N–H and O–H groups in total. The van der Waals surface area contributed by atoms with Gasteiger partial charge in [-0.15, -0.1) is 0 Å². The van der Waals surface area contributed by atoms with Crippen molar-refractivity contribution in [3.8, 4) is 11.5 Å². The van der Waals surface area contributed by atoms with Crippen LogP contribution in [0.2, 0.25) is 0 Å². The molecule has 1 aliphatic carbocycles. The smallest absolute Gasteiger partial charge is 0.161 e. The number of aromatic hydroxyl groups is 2. The number of phenolic OH excluding ortho intramolecular Hbond substituents is 2. The van der Waals surface area contributed by atoms with Gasteiger partial charge in [0.05, 0.1) is 0 Å². The Morgan fingerprint density at radius 3 is 2.52 bits per heavy atom. The SMILES string of the molecule is CNCCC1=C(C)c2ccc(O)c(O)c2CC1c1ccccc1. The van der Waals surface area contributed by atoms with Gasteiger partial charge in [0, 0.05) is 11.5 Å². The molecule has 1 unspecified atom stereocenters. The van der Waals surface area contributed by atoms with Gasteiger partial charge in [0.2, 0.25) is 0 Å². The largest absolute Gasteiger partial charge is 0.504 e. The molecule has 0 saturated heterocycles. The average Bonchev–Trinajstić information content (AvgIpc) is 2.58. The van der Waals surface area contributed by atoms with E-state index in [4.69, 9.17) is 0 Å². The Labute approximate surface area is 137 Å². The van der Waals surface area contributed by atoms with Gasteiger partial charge in [0.25, 0.3) is 0 Å². The summed E-state index contributed by atoms with van der Waals surface area (Å²) < 4.78 is 0. The molecular formula is C20H23NO2. The van der Waals surface area contributed by atoms with E-state index in [1.165, 1.54) is 16.7 Å². The van der Waals surface area contributed by atoms with Crippen molar-refractivity contribution in [2.75, 3.05) is 13.6 Å². The van der Waals surface area contributed by atoms with E-state index in [9.17, 15) is 10.2 Å². The summed E-state index contributed by atoms with van der Waals surface area (Å²) in [5.74, 6) is 0.224. The molecule has 3 rings (SSSR count). The van der Waals surface area contributed by atoms with Crippen LogP contribution in [0.4, 0.5) is 0 Å². The van der Waals surface area contributed by atoms with E-state index in [0.29, 0.717) is 0 Å². The predicted octanol–water partition coefficient (Wildman–Crippen LogP) is 3.82. The van der Waals surface area contributed by atoms with Gasteiger partial charge in [-0.25, -0.2) is 0 Å². The van der Waals surface area contributed by atoms with E-state index in [0.717, 1.165) is 30.5 Å². The van der Waals surface area contributed by atoms with Crippen molar-refractivity contribution in [3.05, 3.63) is 64.7 Å². The van der Waals surface area contributed by atoms with Crippen LogP contribution in [-0.2, 0) is 6.42 Å². The molecule has 0 spiro atoms. The van der Waals surface area contributed by atoms with E-state index in [-0.39, 0.29) is 17.4 Å². The van der Waals surface area contributed by atoms with Crippen LogP contribution in [0.25, 0.3) is 5.57 Å². The van der Waals surface area contributed by atoms with Crippen molar-refractivity contribution in [1.82, 2.24) is 5.32 Å². The van der Waals surface area contributed by atoms with Crippen molar-refractivity contribution >= 4 is 5.57 Å². The molecule has 3 nitrogen and oxygen atoms in total. The zero-order valence-corrected chi connectivity index (χ0v) is 13.6. The molecule has 0 aromatic heterocycles. The van der Waals surface area contributed by atoms with Crippen LogP contribution < -0.4 is 5.32 Å². The van der Waals surface area contributed by atoms with Gasteiger partial charge in [-0.3, -0.25) is 0 Å². The first-order valence-electron chi connectivity index (χ1n) is 8.06. The number of hydrogen-bond acceptors (Lipinski definition) is 3. The average molecular weight is 309 g/mol. The zero-order valence-electron chi connectivity index (χ0n) is 13.6. The standard InChI is InChI=1S/C20H23NO2/c1-13-15-8-9-19(22)20(23)18(15)12-17(16(13)10-11-21-2)14-6-4-3-5-7-14/h3-9,17,21-23H,10-12H2,1-2H3. The molecule has 3 heteroatoms. The van der Waals surface area contributed by atoms with Crippen LogP contribution in [0.3, 0.4) is 0 Å². The Kier molecular flexibility index (Phi) is 4.39. The number of rotatable bonds is 4. The van der Waals surface area contributed by atoms with Crippen molar-refractivity contribution in [3.63, 3.8) is 0 Å². The predicted molar refractivity (Wildman–Crippen MR) is 93.8 cm³/mol. The maximum absolute atomic E-state index is 10.3. The quantitative estimate of drug-likeness (QED) is 0.753. The number of hydrogen-bond donors (Lipinski definition) is 3. The van der Waals surface area contributed by atoms with Gasteiger partial charge >= 0.3 is 0 Å². The number of fused-ring (bicyclic) bond motifs is 1. The normalized spacial score (nSPS) is 17.2. The first-order chi connectivity index (χ1) is 11.1. The Balaban J connectivity index is 2.13. The van der Waals surface area contributed by atoms with E-state index in [2.05, 4.69) is 36.5 Å². The molecule has 0 heterocycles. The van der Waals surface area contributed by atoms with Crippen LogP contribution in [0, 0.1) is 0 Å². The molecule has 0 amide bonds. The number of allylic oxidation sites excluding steroid dienone is 1. The Morgan fingerprint density at radius 2 is 1.83 bits per heavy atom. The van der Waals surface area contributed by atoms with E-state index in [1.807, 2.05) is 19.2 Å². The summed E-state index contributed by atoms with van der Waals surface area (Å²) in [4.78, 5) is 0. The van der Waals surface area contributed by atoms with Crippen LogP contribution in [-0.4, -0.2) is 23.8 Å². The van der Waals surface area contributed by atoms with Gasteiger partial charge in [-0.2, -0.15) is 0 Å². The third-order valence-corrected chi connectivity index (χ3v) is 4.82. The maximum Gasteiger partial charge on any atom is 0.161 e. The molecule has 2 aromatic carbocycles. The van der Waals surface area contributed by atoms with Gasteiger partial charge in [0.15, 0.2) is 11.5 Å². The monoisotopic (exact) mass is 309 g/mol. The van der Waals surface area contributed by atoms with Gasteiger partial charge < -0.3 is 15.5 Å². The van der Waals surface area contributed by atoms with Gasteiger partial charge in [-0.05, 0) is 56.1 Å². The second-order valence-electron chi connectivity index (χ2n) is 6.13. The highest BCUT2D eigenvalue weighted by Gasteiger charge is 2.28. The van der Waals surface area contributed by atoms with Crippen LogP contribution in [0.1, 0.15) is 36.0 Å². The minimum absolute atomic E-state index is 0.0236. The van der Waals surface area contributed by atoms with Crippen molar-refractivity contribution in [2.24, 2.45) is 0 Å². The molecule has 0 aliphatic heterocycles. The zero-order chi connectivity index (χ0) is 16.4. The topological polar surface area (TPSA) is 52.5 Å². The first-order valence-corrected chi connectivity index (χ1v) is 8.06. The summed E-state index contributed by atoms with van der Waals surface area (Å²) in [6.07, 6.45) is 1.69. The van der Waals surface area contributed by atoms with Crippen LogP contribution in [0.15, 0.2) is 48.0 Å². The number of nitrogens with one attached hydrogen (secondary N) is 1. The molecule has 0 fully saturated rings. The molecule has 0 radical (unpaired) electrons. The minimum Gasteiger partial charge on any atom is -0.504 e. The summed E-state index contributed by atoms with van der Waals surface area (Å²) in [6.45, 7) is 3.05. The lowest BCUT2D eigenvalue weighted by Crippen LogP contribution is -2.18. The van der Waals surface area contributed by atoms with E-state index >= 15 is 0 Å². The highest BCUT2D eigenvalue weighted by Crippen LogP contribution is 2.46.